The van der Waals surface area contributed by atoms with Crippen molar-refractivity contribution in [3.63, 3.8) is 0 Å². The van der Waals surface area contributed by atoms with Crippen molar-refractivity contribution in [2.24, 2.45) is 0 Å². The van der Waals surface area contributed by atoms with E-state index in [0.717, 1.165) is 16.9 Å². The first kappa shape index (κ1) is 18.3. The van der Waals surface area contributed by atoms with Gasteiger partial charge in [-0.15, -0.1) is 0 Å². The van der Waals surface area contributed by atoms with E-state index < -0.39 is 11.9 Å². The first-order valence-corrected chi connectivity index (χ1v) is 8.26. The van der Waals surface area contributed by atoms with E-state index in [2.05, 4.69) is 9.97 Å². The highest BCUT2D eigenvalue weighted by Crippen LogP contribution is 2.28. The Bertz CT molecular complexity index is 1020. The lowest BCUT2D eigenvalue weighted by Crippen LogP contribution is -2.27. The van der Waals surface area contributed by atoms with Gasteiger partial charge < -0.3 is 14.4 Å². The second-order valence-corrected chi connectivity index (χ2v) is 5.88. The molecular formula is C20H19N3O4. The van der Waals surface area contributed by atoms with Gasteiger partial charge in [-0.3, -0.25) is 0 Å². The molecule has 0 amide bonds. The fourth-order valence-corrected chi connectivity index (χ4v) is 2.73. The Morgan fingerprint density at radius 2 is 1.59 bits per heavy atom. The first-order valence-electron chi connectivity index (χ1n) is 8.26. The molecule has 138 valence electrons. The van der Waals surface area contributed by atoms with Crippen LogP contribution in [-0.2, 0) is 19.1 Å². The number of allylic oxidation sites excluding steroid dienone is 2. The van der Waals surface area contributed by atoms with Gasteiger partial charge in [-0.25, -0.2) is 19.6 Å². The van der Waals surface area contributed by atoms with Crippen LogP contribution in [0.15, 0.2) is 53.9 Å². The van der Waals surface area contributed by atoms with Crippen molar-refractivity contribution >= 4 is 28.7 Å². The molecular weight excluding hydrogens is 346 g/mol. The molecule has 2 aromatic rings. The molecule has 0 N–H and O–H groups in total. The van der Waals surface area contributed by atoms with Crippen LogP contribution in [0.5, 0.6) is 0 Å². The minimum absolute atomic E-state index is 0.0606. The minimum atomic E-state index is -0.655. The van der Waals surface area contributed by atoms with E-state index >= 15 is 0 Å². The van der Waals surface area contributed by atoms with Crippen LogP contribution in [-0.4, -0.2) is 36.1 Å². The van der Waals surface area contributed by atoms with Crippen LogP contribution < -0.4 is 4.90 Å². The van der Waals surface area contributed by atoms with Crippen molar-refractivity contribution in [3.05, 3.63) is 65.3 Å². The van der Waals surface area contributed by atoms with E-state index in [1.54, 1.807) is 29.3 Å². The highest BCUT2D eigenvalue weighted by Gasteiger charge is 2.27. The zero-order valence-electron chi connectivity index (χ0n) is 15.5. The van der Waals surface area contributed by atoms with Gasteiger partial charge in [-0.1, -0.05) is 6.08 Å². The number of hydrogen-bond donors (Lipinski definition) is 0. The molecule has 0 spiro atoms. The Kier molecular flexibility index (Phi) is 5.03. The number of esters is 2. The van der Waals surface area contributed by atoms with E-state index in [1.165, 1.54) is 20.3 Å². The number of aromatic nitrogens is 2. The van der Waals surface area contributed by atoms with Gasteiger partial charge in [-0.2, -0.15) is 0 Å². The van der Waals surface area contributed by atoms with Crippen LogP contribution in [0, 0.1) is 13.8 Å². The maximum absolute atomic E-state index is 12.5. The van der Waals surface area contributed by atoms with Crippen molar-refractivity contribution in [2.75, 3.05) is 19.1 Å². The number of hydrogen-bond acceptors (Lipinski definition) is 7. The van der Waals surface area contributed by atoms with Gasteiger partial charge in [0.25, 0.3) is 0 Å². The summed E-state index contributed by atoms with van der Waals surface area (Å²) in [4.78, 5) is 35.3. The third kappa shape index (κ3) is 3.44. The fourth-order valence-electron chi connectivity index (χ4n) is 2.73. The number of rotatable bonds is 3. The molecule has 1 aliphatic rings. The van der Waals surface area contributed by atoms with Crippen molar-refractivity contribution in [1.29, 1.82) is 0 Å². The number of carbonyl (C=O) groups excluding carboxylic acids is 2. The summed E-state index contributed by atoms with van der Waals surface area (Å²) in [6, 6.07) is 5.44. The van der Waals surface area contributed by atoms with E-state index in [1.807, 2.05) is 26.0 Å². The molecule has 0 radical (unpaired) electrons. The number of methoxy groups -OCH3 is 2. The summed E-state index contributed by atoms with van der Waals surface area (Å²) in [5.41, 5.74) is 3.91. The average molecular weight is 365 g/mol. The number of anilines is 1. The average Bonchev–Trinajstić information content (AvgIpc) is 2.90. The van der Waals surface area contributed by atoms with Crippen molar-refractivity contribution < 1.29 is 19.1 Å². The predicted octanol–water partition coefficient (Wildman–Crippen LogP) is 2.74. The summed E-state index contributed by atoms with van der Waals surface area (Å²) >= 11 is 0. The van der Waals surface area contributed by atoms with Gasteiger partial charge in [0.15, 0.2) is 0 Å². The zero-order chi connectivity index (χ0) is 19.6. The number of benzene rings is 1. The van der Waals surface area contributed by atoms with Crippen molar-refractivity contribution in [3.8, 4) is 0 Å². The van der Waals surface area contributed by atoms with Gasteiger partial charge in [0.05, 0.1) is 42.2 Å². The molecule has 0 aliphatic carbocycles. The van der Waals surface area contributed by atoms with E-state index in [-0.39, 0.29) is 11.3 Å². The lowest BCUT2D eigenvalue weighted by molar-refractivity contribution is -0.139. The monoisotopic (exact) mass is 365 g/mol. The summed E-state index contributed by atoms with van der Waals surface area (Å²) in [5.74, 6) is -1.29. The molecule has 0 bridgehead atoms. The number of nitrogens with zero attached hydrogens (tertiary/aromatic N) is 3. The van der Waals surface area contributed by atoms with Gasteiger partial charge >= 0.3 is 11.9 Å². The van der Waals surface area contributed by atoms with E-state index in [0.29, 0.717) is 11.2 Å². The Balaban J connectivity index is 2.20. The molecule has 1 aromatic heterocycles. The van der Waals surface area contributed by atoms with Crippen LogP contribution in [0.1, 0.15) is 11.4 Å². The molecule has 0 unspecified atom stereocenters. The molecule has 0 atom stereocenters. The molecule has 1 aromatic carbocycles. The lowest BCUT2D eigenvalue weighted by atomic mass is 10.1. The van der Waals surface area contributed by atoms with Crippen molar-refractivity contribution in [2.45, 2.75) is 13.8 Å². The van der Waals surface area contributed by atoms with Crippen LogP contribution >= 0.6 is 0 Å². The summed E-state index contributed by atoms with van der Waals surface area (Å²) in [7, 11) is 2.52. The molecule has 7 nitrogen and oxygen atoms in total. The molecule has 1 aliphatic heterocycles. The van der Waals surface area contributed by atoms with E-state index in [4.69, 9.17) is 9.47 Å². The van der Waals surface area contributed by atoms with Crippen LogP contribution in [0.25, 0.3) is 11.0 Å². The second-order valence-electron chi connectivity index (χ2n) is 5.88. The first-order chi connectivity index (χ1) is 13.0. The van der Waals surface area contributed by atoms with Gasteiger partial charge in [0.2, 0.25) is 0 Å². The Morgan fingerprint density at radius 1 is 0.926 bits per heavy atom. The Hall–Kier alpha value is -3.48. The standard InChI is InChI=1S/C20H19N3O4/c1-12-13(2)22-17-11-14(8-9-16(17)21-12)23-10-6-5-7-15(19(24)26-3)18(23)20(25)27-4/h5-11H,1-4H3. The topological polar surface area (TPSA) is 81.6 Å². The Labute approximate surface area is 156 Å². The largest absolute Gasteiger partial charge is 0.465 e. The van der Waals surface area contributed by atoms with E-state index in [9.17, 15) is 9.59 Å². The molecule has 7 heteroatoms. The minimum Gasteiger partial charge on any atom is -0.465 e. The van der Waals surface area contributed by atoms with Crippen molar-refractivity contribution in [1.82, 2.24) is 9.97 Å². The third-order valence-electron chi connectivity index (χ3n) is 4.23. The summed E-state index contributed by atoms with van der Waals surface area (Å²) in [5, 5.41) is 0. The zero-order valence-corrected chi connectivity index (χ0v) is 15.5. The summed E-state index contributed by atoms with van der Waals surface area (Å²) in [6.07, 6.45) is 6.57. The molecule has 27 heavy (non-hydrogen) atoms. The van der Waals surface area contributed by atoms with Crippen LogP contribution in [0.3, 0.4) is 0 Å². The SMILES string of the molecule is COC(=O)C1=C(C(=O)OC)N(c2ccc3nc(C)c(C)nc3c2)C=CC=C1. The highest BCUT2D eigenvalue weighted by molar-refractivity contribution is 6.05. The molecule has 0 saturated carbocycles. The van der Waals surface area contributed by atoms with Crippen LogP contribution in [0.4, 0.5) is 5.69 Å². The number of carbonyl (C=O) groups is 2. The second kappa shape index (κ2) is 7.41. The van der Waals surface area contributed by atoms with Crippen LogP contribution in [0.2, 0.25) is 0 Å². The van der Waals surface area contributed by atoms with Gasteiger partial charge in [0, 0.05) is 11.9 Å². The fraction of sp³-hybridized carbons (Fsp3) is 0.200. The normalized spacial score (nSPS) is 13.7. The third-order valence-corrected chi connectivity index (χ3v) is 4.23. The van der Waals surface area contributed by atoms with Gasteiger partial charge in [-0.05, 0) is 44.2 Å². The maximum atomic E-state index is 12.5. The molecule has 0 fully saturated rings. The number of fused-ring (bicyclic) bond motifs is 1. The summed E-state index contributed by atoms with van der Waals surface area (Å²) < 4.78 is 9.72. The maximum Gasteiger partial charge on any atom is 0.355 e. The molecule has 2 heterocycles. The lowest BCUT2D eigenvalue weighted by Gasteiger charge is -2.23. The van der Waals surface area contributed by atoms with Gasteiger partial charge in [0.1, 0.15) is 5.70 Å². The number of ether oxygens (including phenoxy) is 2. The molecule has 0 saturated heterocycles. The molecule has 3 rings (SSSR count). The smallest absolute Gasteiger partial charge is 0.355 e. The predicted molar refractivity (Wildman–Crippen MR) is 101 cm³/mol. The summed E-state index contributed by atoms with van der Waals surface area (Å²) in [6.45, 7) is 3.79. The quantitative estimate of drug-likeness (QED) is 0.774. The highest BCUT2D eigenvalue weighted by atomic mass is 16.5. The number of aryl methyl sites for hydroxylation is 2. The Morgan fingerprint density at radius 3 is 2.26 bits per heavy atom.